The first-order chi connectivity index (χ1) is 9.47. The van der Waals surface area contributed by atoms with Crippen LogP contribution in [-0.2, 0) is 9.53 Å². The van der Waals surface area contributed by atoms with Gasteiger partial charge in [-0.1, -0.05) is 38.9 Å². The van der Waals surface area contributed by atoms with E-state index in [1.165, 1.54) is 0 Å². The molecule has 0 aromatic rings. The van der Waals surface area contributed by atoms with Gasteiger partial charge in [0, 0.05) is 19.1 Å². The zero-order valence-corrected chi connectivity index (χ0v) is 13.7. The van der Waals surface area contributed by atoms with Gasteiger partial charge in [-0.3, -0.25) is 4.79 Å². The Kier molecular flexibility index (Phi) is 6.89. The number of thiocarbonyl (C=S) groups is 1. The number of nitrogens with two attached hydrogens (primary N) is 1. The Hall–Kier alpha value is -0.680. The van der Waals surface area contributed by atoms with Gasteiger partial charge < -0.3 is 15.8 Å². The van der Waals surface area contributed by atoms with Crippen molar-refractivity contribution in [2.24, 2.45) is 17.1 Å². The SMILES string of the molecule is CCCC(CCC)(C(=O)NCC1CCOC1C)C(N)=S. The summed E-state index contributed by atoms with van der Waals surface area (Å²) in [6, 6.07) is 0. The van der Waals surface area contributed by atoms with Gasteiger partial charge >= 0.3 is 0 Å². The standard InChI is InChI=1S/C15H28N2O2S/c1-4-7-15(8-5-2,13(16)20)14(18)17-10-12-6-9-19-11(12)3/h11-12H,4-10H2,1-3H3,(H2,16,20)(H,17,18). The fourth-order valence-electron chi connectivity index (χ4n) is 3.00. The molecule has 116 valence electrons. The van der Waals surface area contributed by atoms with Crippen LogP contribution < -0.4 is 11.1 Å². The molecule has 0 aromatic heterocycles. The van der Waals surface area contributed by atoms with Crippen LogP contribution in [-0.4, -0.2) is 30.2 Å². The van der Waals surface area contributed by atoms with Gasteiger partial charge in [0.15, 0.2) is 0 Å². The fraction of sp³-hybridized carbons (Fsp3) is 0.867. The van der Waals surface area contributed by atoms with Crippen molar-refractivity contribution in [3.63, 3.8) is 0 Å². The van der Waals surface area contributed by atoms with Gasteiger partial charge in [-0.25, -0.2) is 0 Å². The third kappa shape index (κ3) is 3.92. The zero-order valence-electron chi connectivity index (χ0n) is 12.9. The van der Waals surface area contributed by atoms with Crippen molar-refractivity contribution in [1.29, 1.82) is 0 Å². The minimum atomic E-state index is -0.679. The Labute approximate surface area is 127 Å². The molecule has 4 nitrogen and oxygen atoms in total. The van der Waals surface area contributed by atoms with E-state index in [4.69, 9.17) is 22.7 Å². The maximum atomic E-state index is 12.6. The lowest BCUT2D eigenvalue weighted by Crippen LogP contribution is -2.50. The maximum Gasteiger partial charge on any atom is 0.233 e. The van der Waals surface area contributed by atoms with Crippen molar-refractivity contribution in [3.8, 4) is 0 Å². The van der Waals surface area contributed by atoms with Crippen LogP contribution in [0.5, 0.6) is 0 Å². The van der Waals surface area contributed by atoms with Gasteiger partial charge in [0.1, 0.15) is 0 Å². The highest BCUT2D eigenvalue weighted by molar-refractivity contribution is 7.80. The summed E-state index contributed by atoms with van der Waals surface area (Å²) >= 11 is 5.20. The van der Waals surface area contributed by atoms with Gasteiger partial charge in [0.25, 0.3) is 0 Å². The molecule has 5 heteroatoms. The smallest absolute Gasteiger partial charge is 0.233 e. The normalized spacial score (nSPS) is 22.8. The van der Waals surface area contributed by atoms with Crippen molar-refractivity contribution in [2.75, 3.05) is 13.2 Å². The highest BCUT2D eigenvalue weighted by Crippen LogP contribution is 2.31. The molecule has 3 N–H and O–H groups in total. The summed E-state index contributed by atoms with van der Waals surface area (Å²) in [5.41, 5.74) is 5.22. The maximum absolute atomic E-state index is 12.6. The molecule has 1 aliphatic rings. The Balaban J connectivity index is 2.69. The van der Waals surface area contributed by atoms with Crippen LogP contribution in [0.4, 0.5) is 0 Å². The highest BCUT2D eigenvalue weighted by Gasteiger charge is 2.40. The molecule has 1 saturated heterocycles. The van der Waals surface area contributed by atoms with Crippen molar-refractivity contribution in [2.45, 2.75) is 59.0 Å². The Morgan fingerprint density at radius 3 is 2.40 bits per heavy atom. The molecular weight excluding hydrogens is 272 g/mol. The molecule has 1 rings (SSSR count). The lowest BCUT2D eigenvalue weighted by molar-refractivity contribution is -0.128. The third-order valence-electron chi connectivity index (χ3n) is 4.32. The molecule has 0 radical (unpaired) electrons. The topological polar surface area (TPSA) is 64.3 Å². The molecule has 2 unspecified atom stereocenters. The minimum Gasteiger partial charge on any atom is -0.392 e. The molecule has 0 aromatic carbocycles. The summed E-state index contributed by atoms with van der Waals surface area (Å²) in [4.78, 5) is 13.0. The lowest BCUT2D eigenvalue weighted by Gasteiger charge is -2.31. The predicted molar refractivity (Wildman–Crippen MR) is 85.6 cm³/mol. The molecule has 20 heavy (non-hydrogen) atoms. The molecule has 0 aliphatic carbocycles. The zero-order chi connectivity index (χ0) is 15.2. The second-order valence-corrected chi connectivity index (χ2v) is 6.22. The first-order valence-electron chi connectivity index (χ1n) is 7.67. The second-order valence-electron chi connectivity index (χ2n) is 5.78. The number of amides is 1. The highest BCUT2D eigenvalue weighted by atomic mass is 32.1. The molecule has 2 atom stereocenters. The number of carbonyl (C=O) groups excluding carboxylic acids is 1. The molecule has 0 bridgehead atoms. The molecule has 1 aliphatic heterocycles. The largest absolute Gasteiger partial charge is 0.392 e. The number of nitrogens with one attached hydrogen (secondary N) is 1. The average Bonchev–Trinajstić information content (AvgIpc) is 2.80. The van der Waals surface area contributed by atoms with Crippen molar-refractivity contribution in [1.82, 2.24) is 5.32 Å². The summed E-state index contributed by atoms with van der Waals surface area (Å²) < 4.78 is 5.52. The van der Waals surface area contributed by atoms with Crippen LogP contribution in [0.25, 0.3) is 0 Å². The molecular formula is C15H28N2O2S. The molecule has 1 amide bonds. The van der Waals surface area contributed by atoms with E-state index in [2.05, 4.69) is 26.1 Å². The van der Waals surface area contributed by atoms with E-state index in [1.54, 1.807) is 0 Å². The van der Waals surface area contributed by atoms with E-state index in [-0.39, 0.29) is 12.0 Å². The number of rotatable bonds is 8. The first-order valence-corrected chi connectivity index (χ1v) is 8.08. The van der Waals surface area contributed by atoms with E-state index >= 15 is 0 Å². The molecule has 0 saturated carbocycles. The predicted octanol–water partition coefficient (Wildman–Crippen LogP) is 2.40. The minimum absolute atomic E-state index is 0.00667. The second kappa shape index (κ2) is 7.93. The average molecular weight is 300 g/mol. The van der Waals surface area contributed by atoms with Gasteiger partial charge in [-0.15, -0.1) is 0 Å². The van der Waals surface area contributed by atoms with Gasteiger partial charge in [0.05, 0.1) is 16.5 Å². The van der Waals surface area contributed by atoms with E-state index in [9.17, 15) is 4.79 Å². The quantitative estimate of drug-likeness (QED) is 0.676. The van der Waals surface area contributed by atoms with Crippen LogP contribution >= 0.6 is 12.2 Å². The number of ether oxygens (including phenoxy) is 1. The number of carbonyl (C=O) groups is 1. The summed E-state index contributed by atoms with van der Waals surface area (Å²) in [7, 11) is 0. The molecule has 1 heterocycles. The first kappa shape index (κ1) is 17.4. The molecule has 1 fully saturated rings. The van der Waals surface area contributed by atoms with Crippen LogP contribution in [0, 0.1) is 11.3 Å². The van der Waals surface area contributed by atoms with E-state index in [1.807, 2.05) is 0 Å². The Morgan fingerprint density at radius 2 is 2.00 bits per heavy atom. The van der Waals surface area contributed by atoms with Crippen LogP contribution in [0.15, 0.2) is 0 Å². The lowest BCUT2D eigenvalue weighted by atomic mass is 9.78. The van der Waals surface area contributed by atoms with Gasteiger partial charge in [0.2, 0.25) is 5.91 Å². The Bertz CT molecular complexity index is 341. The number of hydrogen-bond donors (Lipinski definition) is 2. The van der Waals surface area contributed by atoms with Crippen molar-refractivity contribution in [3.05, 3.63) is 0 Å². The van der Waals surface area contributed by atoms with Gasteiger partial charge in [-0.05, 0) is 26.2 Å². The third-order valence-corrected chi connectivity index (χ3v) is 4.71. The van der Waals surface area contributed by atoms with Crippen LogP contribution in [0.3, 0.4) is 0 Å². The van der Waals surface area contributed by atoms with Crippen molar-refractivity contribution >= 4 is 23.1 Å². The van der Waals surface area contributed by atoms with E-state index in [0.29, 0.717) is 17.5 Å². The van der Waals surface area contributed by atoms with E-state index in [0.717, 1.165) is 38.7 Å². The van der Waals surface area contributed by atoms with Crippen LogP contribution in [0.1, 0.15) is 52.9 Å². The van der Waals surface area contributed by atoms with Gasteiger partial charge in [-0.2, -0.15) is 0 Å². The summed E-state index contributed by atoms with van der Waals surface area (Å²) in [6.45, 7) is 7.61. The summed E-state index contributed by atoms with van der Waals surface area (Å²) in [6.07, 6.45) is 4.45. The summed E-state index contributed by atoms with van der Waals surface area (Å²) in [5.74, 6) is 0.388. The monoisotopic (exact) mass is 300 g/mol. The molecule has 0 spiro atoms. The summed E-state index contributed by atoms with van der Waals surface area (Å²) in [5, 5.41) is 3.06. The van der Waals surface area contributed by atoms with Crippen molar-refractivity contribution < 1.29 is 9.53 Å². The van der Waals surface area contributed by atoms with Crippen LogP contribution in [0.2, 0.25) is 0 Å². The van der Waals surface area contributed by atoms with E-state index < -0.39 is 5.41 Å². The number of hydrogen-bond acceptors (Lipinski definition) is 3. The fourth-order valence-corrected chi connectivity index (χ4v) is 3.30. The Morgan fingerprint density at radius 1 is 1.40 bits per heavy atom.